The van der Waals surface area contributed by atoms with Gasteiger partial charge in [0.2, 0.25) is 0 Å². The summed E-state index contributed by atoms with van der Waals surface area (Å²) in [4.78, 5) is 11.4. The van der Waals surface area contributed by atoms with Gasteiger partial charge in [0.25, 0.3) is 0 Å². The fourth-order valence-electron chi connectivity index (χ4n) is 2.46. The summed E-state index contributed by atoms with van der Waals surface area (Å²) in [5.41, 5.74) is 4.44. The van der Waals surface area contributed by atoms with E-state index in [-0.39, 0.29) is 11.8 Å². The summed E-state index contributed by atoms with van der Waals surface area (Å²) >= 11 is 0. The van der Waals surface area contributed by atoms with Crippen molar-refractivity contribution in [1.82, 2.24) is 4.57 Å². The Bertz CT molecular complexity index is 561. The first-order valence-electron chi connectivity index (χ1n) is 6.26. The van der Waals surface area contributed by atoms with Crippen LogP contribution in [0.4, 0.5) is 0 Å². The second-order valence-corrected chi connectivity index (χ2v) is 4.84. The molecule has 1 atom stereocenters. The lowest BCUT2D eigenvalue weighted by Crippen LogP contribution is -2.10. The van der Waals surface area contributed by atoms with Crippen molar-refractivity contribution in [2.24, 2.45) is 0 Å². The highest BCUT2D eigenvalue weighted by molar-refractivity contribution is 5.94. The molecule has 0 bridgehead atoms. The number of aryl methyl sites for hydroxylation is 2. The fraction of sp³-hybridized carbons (Fsp3) is 0.312. The van der Waals surface area contributed by atoms with Gasteiger partial charge < -0.3 is 4.57 Å². The Morgan fingerprint density at radius 1 is 1.11 bits per heavy atom. The van der Waals surface area contributed by atoms with E-state index in [1.165, 1.54) is 17.0 Å². The molecular formula is C16H19NO. The molecule has 2 aromatic rings. The zero-order chi connectivity index (χ0) is 13.3. The second kappa shape index (κ2) is 4.81. The minimum absolute atomic E-state index is 0.116. The van der Waals surface area contributed by atoms with Gasteiger partial charge in [-0.05, 0) is 51.5 Å². The SMILES string of the molecule is CC(=O)c1cccc([C@@H](C)n2c(C)ccc2C)c1. The van der Waals surface area contributed by atoms with Gasteiger partial charge in [0.1, 0.15) is 0 Å². The molecule has 18 heavy (non-hydrogen) atoms. The van der Waals surface area contributed by atoms with Gasteiger partial charge in [-0.25, -0.2) is 0 Å². The average molecular weight is 241 g/mol. The van der Waals surface area contributed by atoms with E-state index >= 15 is 0 Å². The Morgan fingerprint density at radius 2 is 1.72 bits per heavy atom. The molecule has 2 rings (SSSR count). The minimum atomic E-state index is 0.116. The maximum Gasteiger partial charge on any atom is 0.159 e. The van der Waals surface area contributed by atoms with Gasteiger partial charge in [-0.3, -0.25) is 4.79 Å². The summed E-state index contributed by atoms with van der Waals surface area (Å²) in [5.74, 6) is 0.116. The maximum absolute atomic E-state index is 11.4. The molecule has 0 aliphatic rings. The van der Waals surface area contributed by atoms with E-state index in [9.17, 15) is 4.79 Å². The molecular weight excluding hydrogens is 222 g/mol. The normalized spacial score (nSPS) is 12.4. The molecule has 0 aliphatic heterocycles. The zero-order valence-corrected chi connectivity index (χ0v) is 11.4. The number of nitrogens with zero attached hydrogens (tertiary/aromatic N) is 1. The molecule has 1 aromatic carbocycles. The lowest BCUT2D eigenvalue weighted by Gasteiger charge is -2.19. The Morgan fingerprint density at radius 3 is 2.28 bits per heavy atom. The number of hydrogen-bond acceptors (Lipinski definition) is 1. The van der Waals surface area contributed by atoms with Crippen molar-refractivity contribution >= 4 is 5.78 Å². The number of ketones is 1. The first kappa shape index (κ1) is 12.6. The fourth-order valence-corrected chi connectivity index (χ4v) is 2.46. The molecule has 1 heterocycles. The van der Waals surface area contributed by atoms with Crippen LogP contribution in [0, 0.1) is 13.8 Å². The molecule has 2 heteroatoms. The number of Topliss-reactive ketones (excluding diaryl/α,β-unsaturated/α-hetero) is 1. The van der Waals surface area contributed by atoms with Crippen molar-refractivity contribution in [1.29, 1.82) is 0 Å². The van der Waals surface area contributed by atoms with Gasteiger partial charge >= 0.3 is 0 Å². The molecule has 0 N–H and O–H groups in total. The Kier molecular flexibility index (Phi) is 3.37. The molecule has 94 valence electrons. The monoisotopic (exact) mass is 241 g/mol. The van der Waals surface area contributed by atoms with Crippen LogP contribution < -0.4 is 0 Å². The van der Waals surface area contributed by atoms with Crippen molar-refractivity contribution in [2.75, 3.05) is 0 Å². The minimum Gasteiger partial charge on any atom is -0.342 e. The van der Waals surface area contributed by atoms with Gasteiger partial charge in [-0.15, -0.1) is 0 Å². The van der Waals surface area contributed by atoms with E-state index in [0.717, 1.165) is 5.56 Å². The van der Waals surface area contributed by atoms with Crippen LogP contribution in [-0.2, 0) is 0 Å². The molecule has 0 saturated carbocycles. The molecule has 0 unspecified atom stereocenters. The third-order valence-corrected chi connectivity index (χ3v) is 3.49. The summed E-state index contributed by atoms with van der Waals surface area (Å²) in [6.07, 6.45) is 0. The smallest absolute Gasteiger partial charge is 0.159 e. The number of carbonyl (C=O) groups excluding carboxylic acids is 1. The summed E-state index contributed by atoms with van der Waals surface area (Å²) in [5, 5.41) is 0. The quantitative estimate of drug-likeness (QED) is 0.747. The molecule has 1 aromatic heterocycles. The van der Waals surface area contributed by atoms with Gasteiger partial charge in [-0.1, -0.05) is 18.2 Å². The van der Waals surface area contributed by atoms with Gasteiger partial charge in [0.05, 0.1) is 6.04 Å². The summed E-state index contributed by atoms with van der Waals surface area (Å²) in [7, 11) is 0. The Labute approximate surface area is 108 Å². The van der Waals surface area contributed by atoms with Crippen LogP contribution >= 0.6 is 0 Å². The highest BCUT2D eigenvalue weighted by Gasteiger charge is 2.12. The van der Waals surface area contributed by atoms with E-state index < -0.39 is 0 Å². The third kappa shape index (κ3) is 2.23. The van der Waals surface area contributed by atoms with Crippen molar-refractivity contribution in [3.05, 3.63) is 58.9 Å². The predicted octanol–water partition coefficient (Wildman–Crippen LogP) is 3.92. The van der Waals surface area contributed by atoms with Crippen molar-refractivity contribution in [3.63, 3.8) is 0 Å². The topological polar surface area (TPSA) is 22.0 Å². The second-order valence-electron chi connectivity index (χ2n) is 4.84. The van der Waals surface area contributed by atoms with Crippen molar-refractivity contribution in [2.45, 2.75) is 33.7 Å². The third-order valence-electron chi connectivity index (χ3n) is 3.49. The van der Waals surface area contributed by atoms with Gasteiger partial charge in [0, 0.05) is 17.0 Å². The van der Waals surface area contributed by atoms with Gasteiger partial charge in [0.15, 0.2) is 5.78 Å². The summed E-state index contributed by atoms with van der Waals surface area (Å²) in [6, 6.07) is 12.4. The highest BCUT2D eigenvalue weighted by atomic mass is 16.1. The Hall–Kier alpha value is -1.83. The molecule has 0 saturated heterocycles. The number of carbonyl (C=O) groups is 1. The van der Waals surface area contributed by atoms with Gasteiger partial charge in [-0.2, -0.15) is 0 Å². The van der Waals surface area contributed by atoms with Crippen LogP contribution in [0.5, 0.6) is 0 Å². The van der Waals surface area contributed by atoms with Crippen LogP contribution in [0.25, 0.3) is 0 Å². The zero-order valence-electron chi connectivity index (χ0n) is 11.4. The number of benzene rings is 1. The summed E-state index contributed by atoms with van der Waals surface area (Å²) < 4.78 is 2.29. The molecule has 0 amide bonds. The van der Waals surface area contributed by atoms with Crippen molar-refractivity contribution in [3.8, 4) is 0 Å². The largest absolute Gasteiger partial charge is 0.342 e. The average Bonchev–Trinajstić information content (AvgIpc) is 2.68. The number of hydrogen-bond donors (Lipinski definition) is 0. The van der Waals surface area contributed by atoms with E-state index in [1.54, 1.807) is 6.92 Å². The van der Waals surface area contributed by atoms with E-state index in [2.05, 4.69) is 43.5 Å². The maximum atomic E-state index is 11.4. The number of rotatable bonds is 3. The molecule has 2 nitrogen and oxygen atoms in total. The molecule has 0 fully saturated rings. The predicted molar refractivity (Wildman–Crippen MR) is 74.2 cm³/mol. The van der Waals surface area contributed by atoms with E-state index in [4.69, 9.17) is 0 Å². The van der Waals surface area contributed by atoms with E-state index in [1.807, 2.05) is 18.2 Å². The lowest BCUT2D eigenvalue weighted by atomic mass is 10.0. The molecule has 0 aliphatic carbocycles. The molecule has 0 radical (unpaired) electrons. The lowest BCUT2D eigenvalue weighted by molar-refractivity contribution is 0.101. The van der Waals surface area contributed by atoms with Crippen molar-refractivity contribution < 1.29 is 4.79 Å². The van der Waals surface area contributed by atoms with Crippen LogP contribution in [0.15, 0.2) is 36.4 Å². The Balaban J connectivity index is 2.43. The molecule has 0 spiro atoms. The first-order valence-corrected chi connectivity index (χ1v) is 6.26. The van der Waals surface area contributed by atoms with Crippen LogP contribution in [0.1, 0.15) is 47.2 Å². The first-order chi connectivity index (χ1) is 8.50. The summed E-state index contributed by atoms with van der Waals surface area (Å²) in [6.45, 7) is 7.99. The van der Waals surface area contributed by atoms with Crippen LogP contribution in [0.2, 0.25) is 0 Å². The van der Waals surface area contributed by atoms with E-state index in [0.29, 0.717) is 0 Å². The number of aromatic nitrogens is 1. The van der Waals surface area contributed by atoms with Crippen LogP contribution in [0.3, 0.4) is 0 Å². The van der Waals surface area contributed by atoms with Crippen LogP contribution in [-0.4, -0.2) is 10.4 Å². The highest BCUT2D eigenvalue weighted by Crippen LogP contribution is 2.23. The standard InChI is InChI=1S/C16H19NO/c1-11-8-9-12(2)17(11)13(3)15-6-5-7-16(10-15)14(4)18/h5-10,13H,1-4H3/t13-/m1/s1.